The van der Waals surface area contributed by atoms with Gasteiger partial charge in [-0.2, -0.15) is 0 Å². The average Bonchev–Trinajstić information content (AvgIpc) is 3.15. The Labute approximate surface area is 110 Å². The van der Waals surface area contributed by atoms with E-state index in [0.717, 1.165) is 25.0 Å². The maximum absolute atomic E-state index is 13.9. The number of non-ortho nitro benzene ring substituents is 1. The van der Waals surface area contributed by atoms with E-state index < -0.39 is 16.6 Å². The van der Waals surface area contributed by atoms with E-state index in [4.69, 9.17) is 0 Å². The molecule has 0 aliphatic heterocycles. The van der Waals surface area contributed by atoms with Crippen molar-refractivity contribution >= 4 is 11.6 Å². The average molecular weight is 266 g/mol. The zero-order valence-electron chi connectivity index (χ0n) is 10.8. The van der Waals surface area contributed by atoms with Crippen molar-refractivity contribution in [2.75, 3.05) is 0 Å². The highest BCUT2D eigenvalue weighted by Crippen LogP contribution is 2.32. The molecule has 0 aromatic heterocycles. The Morgan fingerprint density at radius 1 is 1.53 bits per heavy atom. The minimum Gasteiger partial charge on any atom is -0.349 e. The SMILES string of the molecule is Cc1cc([N+](=O)[O-])cc(C(=O)NC(C)C2CC2)c1F. The molecule has 0 spiro atoms. The molecule has 1 aliphatic rings. The topological polar surface area (TPSA) is 72.2 Å². The number of amides is 1. The molecule has 1 aliphatic carbocycles. The summed E-state index contributed by atoms with van der Waals surface area (Å²) in [6, 6.07) is 2.07. The van der Waals surface area contributed by atoms with Crippen LogP contribution in [0.1, 0.15) is 35.7 Å². The Kier molecular flexibility index (Phi) is 3.50. The summed E-state index contributed by atoms with van der Waals surface area (Å²) in [5, 5.41) is 13.4. The Morgan fingerprint density at radius 3 is 2.68 bits per heavy atom. The van der Waals surface area contributed by atoms with Crippen molar-refractivity contribution in [1.29, 1.82) is 0 Å². The molecule has 1 N–H and O–H groups in total. The predicted molar refractivity (Wildman–Crippen MR) is 67.4 cm³/mol. The van der Waals surface area contributed by atoms with Crippen LogP contribution in [0, 0.1) is 28.8 Å². The van der Waals surface area contributed by atoms with E-state index in [0.29, 0.717) is 5.92 Å². The molecule has 2 rings (SSSR count). The highest BCUT2D eigenvalue weighted by atomic mass is 19.1. The number of carbonyl (C=O) groups is 1. The van der Waals surface area contributed by atoms with E-state index in [-0.39, 0.29) is 22.9 Å². The molecule has 0 bridgehead atoms. The summed E-state index contributed by atoms with van der Waals surface area (Å²) in [6.07, 6.45) is 2.11. The van der Waals surface area contributed by atoms with Crippen LogP contribution in [0.5, 0.6) is 0 Å². The van der Waals surface area contributed by atoms with Gasteiger partial charge in [0.15, 0.2) is 0 Å². The van der Waals surface area contributed by atoms with E-state index in [1.807, 2.05) is 6.92 Å². The molecule has 0 heterocycles. The lowest BCUT2D eigenvalue weighted by molar-refractivity contribution is -0.385. The molecule has 1 atom stereocenters. The zero-order chi connectivity index (χ0) is 14.2. The van der Waals surface area contributed by atoms with Gasteiger partial charge in [0.25, 0.3) is 11.6 Å². The van der Waals surface area contributed by atoms with Crippen molar-refractivity contribution < 1.29 is 14.1 Å². The number of nitro groups is 1. The van der Waals surface area contributed by atoms with Gasteiger partial charge >= 0.3 is 0 Å². The van der Waals surface area contributed by atoms with E-state index in [1.165, 1.54) is 6.92 Å². The van der Waals surface area contributed by atoms with E-state index >= 15 is 0 Å². The summed E-state index contributed by atoms with van der Waals surface area (Å²) >= 11 is 0. The minimum absolute atomic E-state index is 0.0357. The van der Waals surface area contributed by atoms with Gasteiger partial charge in [-0.05, 0) is 38.2 Å². The van der Waals surface area contributed by atoms with Crippen LogP contribution >= 0.6 is 0 Å². The number of nitro benzene ring substituents is 1. The number of nitrogens with zero attached hydrogens (tertiary/aromatic N) is 1. The van der Waals surface area contributed by atoms with Gasteiger partial charge in [-0.1, -0.05) is 0 Å². The highest BCUT2D eigenvalue weighted by molar-refractivity contribution is 5.95. The fourth-order valence-corrected chi connectivity index (χ4v) is 2.02. The van der Waals surface area contributed by atoms with Crippen LogP contribution in [0.4, 0.5) is 10.1 Å². The molecular formula is C13H15FN2O3. The van der Waals surface area contributed by atoms with Gasteiger partial charge in [0.1, 0.15) is 5.82 Å². The largest absolute Gasteiger partial charge is 0.349 e. The Balaban J connectivity index is 2.26. The second-order valence-corrected chi connectivity index (χ2v) is 4.98. The lowest BCUT2D eigenvalue weighted by Gasteiger charge is -2.13. The molecule has 19 heavy (non-hydrogen) atoms. The number of rotatable bonds is 4. The summed E-state index contributed by atoms with van der Waals surface area (Å²) in [7, 11) is 0. The van der Waals surface area contributed by atoms with Crippen molar-refractivity contribution in [3.05, 3.63) is 39.2 Å². The Morgan fingerprint density at radius 2 is 2.16 bits per heavy atom. The number of hydrogen-bond donors (Lipinski definition) is 1. The number of carbonyl (C=O) groups excluding carboxylic acids is 1. The highest BCUT2D eigenvalue weighted by Gasteiger charge is 2.30. The fourth-order valence-electron chi connectivity index (χ4n) is 2.02. The first-order chi connectivity index (χ1) is 8.90. The Hall–Kier alpha value is -1.98. The zero-order valence-corrected chi connectivity index (χ0v) is 10.8. The third-order valence-corrected chi connectivity index (χ3v) is 3.38. The van der Waals surface area contributed by atoms with Gasteiger partial charge in [-0.3, -0.25) is 14.9 Å². The monoisotopic (exact) mass is 266 g/mol. The molecular weight excluding hydrogens is 251 g/mol. The maximum Gasteiger partial charge on any atom is 0.270 e. The van der Waals surface area contributed by atoms with Gasteiger partial charge in [-0.25, -0.2) is 4.39 Å². The third kappa shape index (κ3) is 2.89. The van der Waals surface area contributed by atoms with Gasteiger partial charge in [0, 0.05) is 18.2 Å². The minimum atomic E-state index is -0.703. The van der Waals surface area contributed by atoms with Crippen LogP contribution in [0.3, 0.4) is 0 Å². The van der Waals surface area contributed by atoms with Crippen LogP contribution in [0.2, 0.25) is 0 Å². The summed E-state index contributed by atoms with van der Waals surface area (Å²) in [6.45, 7) is 3.26. The maximum atomic E-state index is 13.9. The van der Waals surface area contributed by atoms with Crippen LogP contribution in [0.25, 0.3) is 0 Å². The first-order valence-electron chi connectivity index (χ1n) is 6.15. The molecule has 6 heteroatoms. The van der Waals surface area contributed by atoms with Crippen LogP contribution < -0.4 is 5.32 Å². The van der Waals surface area contributed by atoms with Crippen LogP contribution in [0.15, 0.2) is 12.1 Å². The summed E-state index contributed by atoms with van der Waals surface area (Å²) in [5.41, 5.74) is -0.444. The lowest BCUT2D eigenvalue weighted by atomic mass is 10.1. The first kappa shape index (κ1) is 13.5. The van der Waals surface area contributed by atoms with Crippen molar-refractivity contribution in [3.63, 3.8) is 0 Å². The van der Waals surface area contributed by atoms with Crippen molar-refractivity contribution in [3.8, 4) is 0 Å². The van der Waals surface area contributed by atoms with E-state index in [1.54, 1.807) is 0 Å². The molecule has 1 unspecified atom stereocenters. The van der Waals surface area contributed by atoms with E-state index in [9.17, 15) is 19.3 Å². The smallest absolute Gasteiger partial charge is 0.270 e. The quantitative estimate of drug-likeness (QED) is 0.672. The molecule has 1 saturated carbocycles. The molecule has 0 radical (unpaired) electrons. The lowest BCUT2D eigenvalue weighted by Crippen LogP contribution is -2.34. The normalized spacial score (nSPS) is 15.9. The van der Waals surface area contributed by atoms with Gasteiger partial charge in [-0.15, -0.1) is 0 Å². The van der Waals surface area contributed by atoms with Crippen molar-refractivity contribution in [2.45, 2.75) is 32.7 Å². The molecule has 1 amide bonds. The summed E-state index contributed by atoms with van der Waals surface area (Å²) in [5.74, 6) is -0.860. The molecule has 1 aromatic carbocycles. The molecule has 0 saturated heterocycles. The molecule has 5 nitrogen and oxygen atoms in total. The number of benzene rings is 1. The predicted octanol–water partition coefficient (Wildman–Crippen LogP) is 2.57. The standard InChI is InChI=1S/C13H15FN2O3/c1-7-5-10(16(18)19)6-11(12(7)14)13(17)15-8(2)9-3-4-9/h5-6,8-9H,3-4H2,1-2H3,(H,15,17). The number of halogens is 1. The molecule has 1 aromatic rings. The first-order valence-corrected chi connectivity index (χ1v) is 6.15. The van der Waals surface area contributed by atoms with Gasteiger partial charge < -0.3 is 5.32 Å². The number of nitrogens with one attached hydrogen (secondary N) is 1. The van der Waals surface area contributed by atoms with Crippen LogP contribution in [-0.4, -0.2) is 16.9 Å². The summed E-state index contributed by atoms with van der Waals surface area (Å²) in [4.78, 5) is 22.1. The Bertz CT molecular complexity index is 541. The number of hydrogen-bond acceptors (Lipinski definition) is 3. The second kappa shape index (κ2) is 4.95. The number of aryl methyl sites for hydroxylation is 1. The summed E-state index contributed by atoms with van der Waals surface area (Å²) < 4.78 is 13.9. The van der Waals surface area contributed by atoms with E-state index in [2.05, 4.69) is 5.32 Å². The van der Waals surface area contributed by atoms with Crippen molar-refractivity contribution in [2.24, 2.45) is 5.92 Å². The molecule has 102 valence electrons. The van der Waals surface area contributed by atoms with Gasteiger partial charge in [0.05, 0.1) is 10.5 Å². The van der Waals surface area contributed by atoms with Gasteiger partial charge in [0.2, 0.25) is 0 Å². The van der Waals surface area contributed by atoms with Crippen molar-refractivity contribution in [1.82, 2.24) is 5.32 Å². The second-order valence-electron chi connectivity index (χ2n) is 4.98. The third-order valence-electron chi connectivity index (χ3n) is 3.38. The molecule has 1 fully saturated rings. The van der Waals surface area contributed by atoms with Crippen LogP contribution in [-0.2, 0) is 0 Å². The fraction of sp³-hybridized carbons (Fsp3) is 0.462.